The van der Waals surface area contributed by atoms with Crippen molar-refractivity contribution >= 4 is 40.2 Å². The molecule has 1 saturated carbocycles. The number of rotatable bonds is 8. The van der Waals surface area contributed by atoms with Crippen LogP contribution in [0, 0.1) is 5.82 Å². The van der Waals surface area contributed by atoms with E-state index in [9.17, 15) is 19.5 Å². The molecule has 0 radical (unpaired) electrons. The molecular weight excluding hydrogens is 553 g/mol. The van der Waals surface area contributed by atoms with Gasteiger partial charge >= 0.3 is 5.97 Å². The summed E-state index contributed by atoms with van der Waals surface area (Å²) >= 11 is 1.16. The number of piperazine rings is 1. The van der Waals surface area contributed by atoms with Crippen molar-refractivity contribution in [3.8, 4) is 17.2 Å². The first-order valence-electron chi connectivity index (χ1n) is 13.1. The molecule has 212 valence electrons. The average molecular weight is 580 g/mol. The summed E-state index contributed by atoms with van der Waals surface area (Å²) in [7, 11) is 1.59. The van der Waals surface area contributed by atoms with E-state index in [4.69, 9.17) is 9.15 Å². The fourth-order valence-electron chi connectivity index (χ4n) is 4.94. The van der Waals surface area contributed by atoms with Gasteiger partial charge in [-0.1, -0.05) is 11.8 Å². The Morgan fingerprint density at radius 1 is 1.12 bits per heavy atom. The molecule has 0 atom stereocenters. The number of aromatic nitrogens is 3. The molecule has 1 N–H and O–H groups in total. The second kappa shape index (κ2) is 10.9. The van der Waals surface area contributed by atoms with Gasteiger partial charge in [0, 0.05) is 49.4 Å². The van der Waals surface area contributed by atoms with Gasteiger partial charge in [0.25, 0.3) is 5.22 Å². The quantitative estimate of drug-likeness (QED) is 0.309. The molecule has 11 nitrogen and oxygen atoms in total. The first-order valence-corrected chi connectivity index (χ1v) is 14.1. The molecule has 0 spiro atoms. The zero-order valence-corrected chi connectivity index (χ0v) is 22.9. The van der Waals surface area contributed by atoms with Crippen molar-refractivity contribution in [2.24, 2.45) is 0 Å². The van der Waals surface area contributed by atoms with E-state index in [1.807, 2.05) is 17.0 Å². The maximum Gasteiger partial charge on any atom is 0.341 e. The van der Waals surface area contributed by atoms with Crippen LogP contribution in [0.3, 0.4) is 0 Å². The Balaban J connectivity index is 1.10. The predicted molar refractivity (Wildman–Crippen MR) is 149 cm³/mol. The van der Waals surface area contributed by atoms with Crippen LogP contribution in [0.2, 0.25) is 0 Å². The lowest BCUT2D eigenvalue weighted by atomic mass is 10.1. The molecule has 2 aromatic heterocycles. The SMILES string of the molecule is COc1ccc(-c2nnc(SCC(=O)N3CCN(c4cc5c(cc4F)c(=O)c(C(=O)O)cn5C4CC4)CC3)o2)cc1. The van der Waals surface area contributed by atoms with Crippen LogP contribution in [-0.4, -0.2) is 75.7 Å². The van der Waals surface area contributed by atoms with E-state index < -0.39 is 17.2 Å². The second-order valence-electron chi connectivity index (χ2n) is 9.89. The van der Waals surface area contributed by atoms with Gasteiger partial charge in [-0.3, -0.25) is 9.59 Å². The number of carbonyl (C=O) groups is 2. The zero-order valence-electron chi connectivity index (χ0n) is 22.1. The molecule has 2 aromatic carbocycles. The number of halogens is 1. The Morgan fingerprint density at radius 3 is 2.51 bits per heavy atom. The number of hydrogen-bond donors (Lipinski definition) is 1. The molecule has 1 aliphatic carbocycles. The van der Waals surface area contributed by atoms with Gasteiger partial charge in [-0.05, 0) is 49.2 Å². The first-order chi connectivity index (χ1) is 19.8. The van der Waals surface area contributed by atoms with E-state index in [2.05, 4.69) is 10.2 Å². The van der Waals surface area contributed by atoms with E-state index in [-0.39, 0.29) is 33.9 Å². The van der Waals surface area contributed by atoms with E-state index >= 15 is 4.39 Å². The normalized spacial score (nSPS) is 15.4. The molecule has 6 rings (SSSR count). The lowest BCUT2D eigenvalue weighted by Gasteiger charge is -2.36. The number of carboxylic acids is 1. The summed E-state index contributed by atoms with van der Waals surface area (Å²) in [4.78, 5) is 40.8. The van der Waals surface area contributed by atoms with Crippen LogP contribution in [0.4, 0.5) is 10.1 Å². The van der Waals surface area contributed by atoms with E-state index in [0.29, 0.717) is 49.0 Å². The highest BCUT2D eigenvalue weighted by Crippen LogP contribution is 2.38. The fraction of sp³-hybridized carbons (Fsp3) is 0.321. The number of nitrogens with zero attached hydrogens (tertiary/aromatic N) is 5. The van der Waals surface area contributed by atoms with Gasteiger partial charge in [0.15, 0.2) is 0 Å². The number of carbonyl (C=O) groups excluding carboxylic acids is 1. The van der Waals surface area contributed by atoms with Gasteiger partial charge in [0.2, 0.25) is 17.2 Å². The number of carboxylic acid groups (broad SMARTS) is 1. The van der Waals surface area contributed by atoms with Crippen molar-refractivity contribution < 1.29 is 28.2 Å². The molecule has 1 amide bonds. The highest BCUT2D eigenvalue weighted by molar-refractivity contribution is 7.99. The zero-order chi connectivity index (χ0) is 28.7. The molecule has 2 fully saturated rings. The molecule has 1 aliphatic heterocycles. The minimum Gasteiger partial charge on any atom is -0.497 e. The third-order valence-electron chi connectivity index (χ3n) is 7.31. The minimum atomic E-state index is -1.33. The van der Waals surface area contributed by atoms with Crippen LogP contribution in [0.1, 0.15) is 29.2 Å². The average Bonchev–Trinajstić information content (AvgIpc) is 3.72. The standard InChI is InChI=1S/C28H26FN5O6S/c1-39-18-6-2-16(3-7-18)26-30-31-28(40-26)41-15-24(35)33-10-8-32(9-11-33)23-13-22-19(12-21(23)29)25(36)20(27(37)38)14-34(22)17-4-5-17/h2-3,6-7,12-14,17H,4-5,8-11,15H2,1H3,(H,37,38). The van der Waals surface area contributed by atoms with Crippen molar-refractivity contribution in [2.45, 2.75) is 24.1 Å². The van der Waals surface area contributed by atoms with Crippen molar-refractivity contribution in [3.63, 3.8) is 0 Å². The van der Waals surface area contributed by atoms with Crippen molar-refractivity contribution in [2.75, 3.05) is 43.9 Å². The number of methoxy groups -OCH3 is 1. The third-order valence-corrected chi connectivity index (χ3v) is 8.11. The topological polar surface area (TPSA) is 131 Å². The molecule has 13 heteroatoms. The summed E-state index contributed by atoms with van der Waals surface area (Å²) in [6.07, 6.45) is 3.10. The summed E-state index contributed by atoms with van der Waals surface area (Å²) in [6, 6.07) is 10.1. The van der Waals surface area contributed by atoms with Crippen molar-refractivity contribution in [3.05, 3.63) is 64.2 Å². The number of hydrogen-bond acceptors (Lipinski definition) is 9. The summed E-state index contributed by atoms with van der Waals surface area (Å²) in [6.45, 7) is 1.60. The summed E-state index contributed by atoms with van der Waals surface area (Å²) < 4.78 is 27.9. The van der Waals surface area contributed by atoms with Crippen molar-refractivity contribution in [1.29, 1.82) is 0 Å². The number of anilines is 1. The number of aromatic carboxylic acids is 1. The van der Waals surface area contributed by atoms with Gasteiger partial charge in [0.1, 0.15) is 17.1 Å². The van der Waals surface area contributed by atoms with Gasteiger partial charge < -0.3 is 28.6 Å². The second-order valence-corrected chi connectivity index (χ2v) is 10.8. The Hall–Kier alpha value is -4.39. The minimum absolute atomic E-state index is 0.0556. The first kappa shape index (κ1) is 26.8. The number of thioether (sulfide) groups is 1. The Labute approximate surface area is 237 Å². The molecule has 41 heavy (non-hydrogen) atoms. The van der Waals surface area contributed by atoms with Gasteiger partial charge in [-0.15, -0.1) is 10.2 Å². The molecule has 0 bridgehead atoms. The maximum absolute atomic E-state index is 15.2. The summed E-state index contributed by atoms with van der Waals surface area (Å²) in [5.41, 5.74) is 0.527. The van der Waals surface area contributed by atoms with Crippen LogP contribution >= 0.6 is 11.8 Å². The maximum atomic E-state index is 15.2. The van der Waals surface area contributed by atoms with Gasteiger partial charge in [-0.25, -0.2) is 9.18 Å². The molecule has 4 aromatic rings. The van der Waals surface area contributed by atoms with Crippen LogP contribution in [0.25, 0.3) is 22.4 Å². The Kier molecular flexibility index (Phi) is 7.12. The van der Waals surface area contributed by atoms with Crippen molar-refractivity contribution in [1.82, 2.24) is 19.7 Å². The van der Waals surface area contributed by atoms with Crippen LogP contribution in [0.5, 0.6) is 5.75 Å². The monoisotopic (exact) mass is 579 g/mol. The lowest BCUT2D eigenvalue weighted by Crippen LogP contribution is -2.49. The Morgan fingerprint density at radius 2 is 1.85 bits per heavy atom. The predicted octanol–water partition coefficient (Wildman–Crippen LogP) is 3.67. The lowest BCUT2D eigenvalue weighted by molar-refractivity contribution is -0.128. The molecule has 0 unspecified atom stereocenters. The number of ether oxygens (including phenoxy) is 1. The van der Waals surface area contributed by atoms with E-state index in [1.165, 1.54) is 6.20 Å². The molecule has 3 heterocycles. The molecular formula is C28H26FN5O6S. The fourth-order valence-corrected chi connectivity index (χ4v) is 5.60. The molecule has 2 aliphatic rings. The number of fused-ring (bicyclic) bond motifs is 1. The summed E-state index contributed by atoms with van der Waals surface area (Å²) in [5, 5.41) is 17.9. The van der Waals surface area contributed by atoms with Gasteiger partial charge in [-0.2, -0.15) is 0 Å². The van der Waals surface area contributed by atoms with E-state index in [0.717, 1.165) is 36.2 Å². The largest absolute Gasteiger partial charge is 0.497 e. The highest BCUT2D eigenvalue weighted by Gasteiger charge is 2.29. The number of pyridine rings is 1. The third kappa shape index (κ3) is 5.36. The Bertz CT molecular complexity index is 1690. The number of amides is 1. The van der Waals surface area contributed by atoms with Crippen LogP contribution < -0.4 is 15.1 Å². The number of benzene rings is 2. The smallest absolute Gasteiger partial charge is 0.341 e. The van der Waals surface area contributed by atoms with Crippen LogP contribution in [0.15, 0.2) is 57.0 Å². The summed E-state index contributed by atoms with van der Waals surface area (Å²) in [5.74, 6) is -0.842. The highest BCUT2D eigenvalue weighted by atomic mass is 32.2. The molecule has 1 saturated heterocycles. The van der Waals surface area contributed by atoms with E-state index in [1.54, 1.807) is 34.8 Å². The van der Waals surface area contributed by atoms with Crippen LogP contribution in [-0.2, 0) is 4.79 Å². The van der Waals surface area contributed by atoms with Gasteiger partial charge in [0.05, 0.1) is 24.1 Å².